The van der Waals surface area contributed by atoms with E-state index in [2.05, 4.69) is 27.3 Å². The number of hydrogen-bond acceptors (Lipinski definition) is 5. The molecular formula is C12H22N6O. The van der Waals surface area contributed by atoms with Crippen molar-refractivity contribution < 1.29 is 4.79 Å². The second-order valence-corrected chi connectivity index (χ2v) is 4.97. The number of nitrogens with two attached hydrogens (primary N) is 1. The van der Waals surface area contributed by atoms with Crippen molar-refractivity contribution >= 4 is 11.6 Å². The van der Waals surface area contributed by atoms with E-state index in [1.54, 1.807) is 10.9 Å². The Morgan fingerprint density at radius 3 is 2.79 bits per heavy atom. The van der Waals surface area contributed by atoms with Crippen molar-refractivity contribution in [3.05, 3.63) is 12.4 Å². The van der Waals surface area contributed by atoms with Crippen LogP contribution in [-0.4, -0.2) is 71.8 Å². The molecule has 0 aromatic carbocycles. The molecule has 0 unspecified atom stereocenters. The lowest BCUT2D eigenvalue weighted by Crippen LogP contribution is -2.47. The van der Waals surface area contributed by atoms with Crippen molar-refractivity contribution in [2.75, 3.05) is 52.0 Å². The van der Waals surface area contributed by atoms with E-state index >= 15 is 0 Å². The van der Waals surface area contributed by atoms with Crippen LogP contribution in [0, 0.1) is 0 Å². The first-order chi connectivity index (χ1) is 9.13. The highest BCUT2D eigenvalue weighted by Gasteiger charge is 2.13. The summed E-state index contributed by atoms with van der Waals surface area (Å²) < 4.78 is 1.54. The minimum Gasteiger partial charge on any atom is -0.396 e. The van der Waals surface area contributed by atoms with Crippen LogP contribution in [0.15, 0.2) is 12.4 Å². The molecule has 7 nitrogen and oxygen atoms in total. The quantitative estimate of drug-likeness (QED) is 0.702. The fourth-order valence-electron chi connectivity index (χ4n) is 2.09. The van der Waals surface area contributed by atoms with Gasteiger partial charge >= 0.3 is 0 Å². The maximum Gasteiger partial charge on any atom is 0.241 e. The number of nitrogens with one attached hydrogen (secondary N) is 1. The van der Waals surface area contributed by atoms with Crippen molar-refractivity contribution in [3.8, 4) is 0 Å². The van der Waals surface area contributed by atoms with Crippen LogP contribution in [0.3, 0.4) is 0 Å². The van der Waals surface area contributed by atoms with Crippen LogP contribution in [0.5, 0.6) is 0 Å². The summed E-state index contributed by atoms with van der Waals surface area (Å²) >= 11 is 0. The number of nitrogen functional groups attached to an aromatic ring is 1. The van der Waals surface area contributed by atoms with E-state index in [4.69, 9.17) is 5.73 Å². The molecule has 19 heavy (non-hydrogen) atoms. The molecule has 0 radical (unpaired) electrons. The number of carbonyl (C=O) groups is 1. The van der Waals surface area contributed by atoms with Gasteiger partial charge in [-0.2, -0.15) is 5.10 Å². The van der Waals surface area contributed by atoms with Gasteiger partial charge in [0.2, 0.25) is 5.91 Å². The van der Waals surface area contributed by atoms with Gasteiger partial charge in [-0.25, -0.2) is 0 Å². The molecule has 1 saturated heterocycles. The number of amides is 1. The molecule has 1 aromatic rings. The summed E-state index contributed by atoms with van der Waals surface area (Å²) in [6.45, 7) is 6.14. The highest BCUT2D eigenvalue weighted by molar-refractivity contribution is 5.75. The van der Waals surface area contributed by atoms with E-state index in [1.165, 1.54) is 6.20 Å². The Kier molecular flexibility index (Phi) is 4.75. The number of rotatable bonds is 5. The monoisotopic (exact) mass is 266 g/mol. The summed E-state index contributed by atoms with van der Waals surface area (Å²) in [4.78, 5) is 16.4. The summed E-state index contributed by atoms with van der Waals surface area (Å²) in [5.41, 5.74) is 6.11. The van der Waals surface area contributed by atoms with Gasteiger partial charge in [0.05, 0.1) is 11.9 Å². The standard InChI is InChI=1S/C12H22N6O/c1-16-4-6-17(7-5-16)3-2-14-12(19)10-18-9-11(13)8-15-18/h8-9H,2-7,10,13H2,1H3,(H,14,19). The molecule has 0 atom stereocenters. The molecule has 1 fully saturated rings. The number of piperazine rings is 1. The highest BCUT2D eigenvalue weighted by atomic mass is 16.2. The topological polar surface area (TPSA) is 79.4 Å². The van der Waals surface area contributed by atoms with E-state index in [-0.39, 0.29) is 12.5 Å². The Morgan fingerprint density at radius 1 is 1.42 bits per heavy atom. The molecular weight excluding hydrogens is 244 g/mol. The molecule has 2 rings (SSSR count). The minimum absolute atomic E-state index is 0.0303. The third kappa shape index (κ3) is 4.53. The van der Waals surface area contributed by atoms with Gasteiger partial charge in [0.15, 0.2) is 0 Å². The number of aromatic nitrogens is 2. The molecule has 0 saturated carbocycles. The van der Waals surface area contributed by atoms with E-state index in [0.717, 1.165) is 32.7 Å². The van der Waals surface area contributed by atoms with Gasteiger partial charge in [-0.15, -0.1) is 0 Å². The second-order valence-electron chi connectivity index (χ2n) is 4.97. The van der Waals surface area contributed by atoms with Crippen molar-refractivity contribution in [1.29, 1.82) is 0 Å². The molecule has 1 aliphatic rings. The Morgan fingerprint density at radius 2 is 2.16 bits per heavy atom. The van der Waals surface area contributed by atoms with Gasteiger partial charge in [0.25, 0.3) is 0 Å². The van der Waals surface area contributed by atoms with Crippen LogP contribution in [0.1, 0.15) is 0 Å². The summed E-state index contributed by atoms with van der Waals surface area (Å²) in [6.07, 6.45) is 3.19. The maximum atomic E-state index is 11.7. The van der Waals surface area contributed by atoms with Gasteiger partial charge in [-0.05, 0) is 7.05 Å². The SMILES string of the molecule is CN1CCN(CCNC(=O)Cn2cc(N)cn2)CC1. The fraction of sp³-hybridized carbons (Fsp3) is 0.667. The summed E-state index contributed by atoms with van der Waals surface area (Å²) in [5, 5.41) is 6.88. The summed E-state index contributed by atoms with van der Waals surface area (Å²) in [5.74, 6) is -0.0303. The number of anilines is 1. The van der Waals surface area contributed by atoms with E-state index in [9.17, 15) is 4.79 Å². The van der Waals surface area contributed by atoms with Crippen molar-refractivity contribution in [3.63, 3.8) is 0 Å². The molecule has 2 heterocycles. The molecule has 1 amide bonds. The van der Waals surface area contributed by atoms with Crippen molar-refractivity contribution in [2.45, 2.75) is 6.54 Å². The van der Waals surface area contributed by atoms with Gasteiger partial charge in [0.1, 0.15) is 6.54 Å². The molecule has 7 heteroatoms. The predicted molar refractivity (Wildman–Crippen MR) is 73.6 cm³/mol. The van der Waals surface area contributed by atoms with Crippen LogP contribution in [-0.2, 0) is 11.3 Å². The molecule has 1 aliphatic heterocycles. The molecule has 3 N–H and O–H groups in total. The average molecular weight is 266 g/mol. The average Bonchev–Trinajstić information content (AvgIpc) is 2.77. The highest BCUT2D eigenvalue weighted by Crippen LogP contribution is 1.98. The zero-order valence-electron chi connectivity index (χ0n) is 11.4. The lowest BCUT2D eigenvalue weighted by atomic mass is 10.3. The van der Waals surface area contributed by atoms with Crippen LogP contribution in [0.2, 0.25) is 0 Å². The van der Waals surface area contributed by atoms with E-state index in [1.807, 2.05) is 0 Å². The molecule has 0 aliphatic carbocycles. The van der Waals surface area contributed by atoms with Crippen LogP contribution in [0.4, 0.5) is 5.69 Å². The number of hydrogen-bond donors (Lipinski definition) is 2. The van der Waals surface area contributed by atoms with Gasteiger partial charge < -0.3 is 16.0 Å². The number of likely N-dealkylation sites (N-methyl/N-ethyl adjacent to an activating group) is 1. The summed E-state index contributed by atoms with van der Waals surface area (Å²) in [7, 11) is 2.13. The normalized spacial score (nSPS) is 17.5. The maximum absolute atomic E-state index is 11.7. The fourth-order valence-corrected chi connectivity index (χ4v) is 2.09. The third-order valence-electron chi connectivity index (χ3n) is 3.30. The molecule has 1 aromatic heterocycles. The number of carbonyl (C=O) groups excluding carboxylic acids is 1. The molecule has 0 bridgehead atoms. The molecule has 106 valence electrons. The first-order valence-corrected chi connectivity index (χ1v) is 6.59. The Labute approximate surface area is 113 Å². The Hall–Kier alpha value is -1.60. The minimum atomic E-state index is -0.0303. The van der Waals surface area contributed by atoms with Crippen LogP contribution < -0.4 is 11.1 Å². The Balaban J connectivity index is 1.61. The first kappa shape index (κ1) is 13.8. The van der Waals surface area contributed by atoms with E-state index in [0.29, 0.717) is 12.2 Å². The zero-order chi connectivity index (χ0) is 13.7. The Bertz CT molecular complexity index is 410. The molecule has 0 spiro atoms. The van der Waals surface area contributed by atoms with Gasteiger partial charge in [-0.3, -0.25) is 14.4 Å². The lowest BCUT2D eigenvalue weighted by molar-refractivity contribution is -0.121. The lowest BCUT2D eigenvalue weighted by Gasteiger charge is -2.32. The smallest absolute Gasteiger partial charge is 0.241 e. The third-order valence-corrected chi connectivity index (χ3v) is 3.30. The van der Waals surface area contributed by atoms with Crippen molar-refractivity contribution in [1.82, 2.24) is 24.9 Å². The predicted octanol–water partition coefficient (Wildman–Crippen LogP) is -1.17. The second kappa shape index (κ2) is 6.53. The number of nitrogens with zero attached hydrogens (tertiary/aromatic N) is 4. The van der Waals surface area contributed by atoms with Gasteiger partial charge in [-0.1, -0.05) is 0 Å². The van der Waals surface area contributed by atoms with Crippen LogP contribution in [0.25, 0.3) is 0 Å². The van der Waals surface area contributed by atoms with Crippen molar-refractivity contribution in [2.24, 2.45) is 0 Å². The van der Waals surface area contributed by atoms with Gasteiger partial charge in [0, 0.05) is 45.5 Å². The largest absolute Gasteiger partial charge is 0.396 e. The first-order valence-electron chi connectivity index (χ1n) is 6.59. The van der Waals surface area contributed by atoms with E-state index < -0.39 is 0 Å². The van der Waals surface area contributed by atoms with Crippen LogP contribution >= 0.6 is 0 Å². The zero-order valence-corrected chi connectivity index (χ0v) is 11.4. The summed E-state index contributed by atoms with van der Waals surface area (Å²) in [6, 6.07) is 0.